The molecule has 1 aromatic heterocycles. The molecular weight excluding hydrogens is 385 g/mol. The Hall–Kier alpha value is -3.14. The third-order valence-electron chi connectivity index (χ3n) is 6.55. The Morgan fingerprint density at radius 3 is 2.39 bits per heavy atom. The number of hydrogen-bond acceptors (Lipinski definition) is 3. The van der Waals surface area contributed by atoms with Gasteiger partial charge in [0.15, 0.2) is 0 Å². The molecule has 2 aromatic carbocycles. The molecule has 1 N–H and O–H groups in total. The van der Waals surface area contributed by atoms with Crippen molar-refractivity contribution in [1.29, 1.82) is 0 Å². The van der Waals surface area contributed by atoms with Crippen molar-refractivity contribution in [3.8, 4) is 11.1 Å². The molecule has 0 amide bonds. The van der Waals surface area contributed by atoms with E-state index in [0.29, 0.717) is 12.2 Å². The van der Waals surface area contributed by atoms with E-state index in [4.69, 9.17) is 0 Å². The molecule has 1 aliphatic rings. The fourth-order valence-corrected chi connectivity index (χ4v) is 4.06. The van der Waals surface area contributed by atoms with E-state index in [0.717, 1.165) is 52.9 Å². The van der Waals surface area contributed by atoms with Gasteiger partial charge in [-0.05, 0) is 66.6 Å². The molecule has 0 aliphatic heterocycles. The first-order valence-electron chi connectivity index (χ1n) is 10.9. The van der Waals surface area contributed by atoms with Gasteiger partial charge in [0.25, 0.3) is 0 Å². The van der Waals surface area contributed by atoms with E-state index in [1.54, 1.807) is 6.07 Å². The van der Waals surface area contributed by atoms with Gasteiger partial charge >= 0.3 is 0 Å². The second-order valence-corrected chi connectivity index (χ2v) is 8.52. The zero-order valence-electron chi connectivity index (χ0n) is 18.6. The molecule has 4 rings (SSSR count). The predicted octanol–water partition coefficient (Wildman–Crippen LogP) is 6.34. The standard InChI is InChI=1S/C27H30FN3/c1-5-27(14-15-27)31(4)26-13-12-24(16-25(26)28)23-10-8-22(9-11-23)20(3)30-18-21-7-6-19(2)29-17-21/h6-13,16-17,30H,3,5,14-15,18H2,1-2,4H3. The van der Waals surface area contributed by atoms with Crippen LogP contribution in [0.2, 0.25) is 0 Å². The van der Waals surface area contributed by atoms with E-state index in [1.165, 1.54) is 0 Å². The molecule has 0 spiro atoms. The number of aryl methyl sites for hydroxylation is 1. The molecule has 4 heteroatoms. The number of nitrogens with one attached hydrogen (secondary N) is 1. The number of aromatic nitrogens is 1. The van der Waals surface area contributed by atoms with Gasteiger partial charge in [0, 0.05) is 36.7 Å². The van der Waals surface area contributed by atoms with Crippen molar-refractivity contribution in [3.05, 3.63) is 90.0 Å². The summed E-state index contributed by atoms with van der Waals surface area (Å²) in [6.07, 6.45) is 5.20. The van der Waals surface area contributed by atoms with Gasteiger partial charge in [0.1, 0.15) is 5.82 Å². The number of rotatable bonds is 8. The summed E-state index contributed by atoms with van der Waals surface area (Å²) >= 11 is 0. The van der Waals surface area contributed by atoms with Crippen LogP contribution in [0, 0.1) is 12.7 Å². The van der Waals surface area contributed by atoms with Gasteiger partial charge in [-0.25, -0.2) is 4.39 Å². The fraction of sp³-hybridized carbons (Fsp3) is 0.296. The molecule has 1 saturated carbocycles. The van der Waals surface area contributed by atoms with Crippen LogP contribution < -0.4 is 10.2 Å². The Morgan fingerprint density at radius 1 is 1.10 bits per heavy atom. The highest BCUT2D eigenvalue weighted by molar-refractivity contribution is 5.70. The summed E-state index contributed by atoms with van der Waals surface area (Å²) in [7, 11) is 2.01. The molecule has 0 radical (unpaired) electrons. The van der Waals surface area contributed by atoms with Crippen molar-refractivity contribution in [2.24, 2.45) is 0 Å². The van der Waals surface area contributed by atoms with Gasteiger partial charge in [0.05, 0.1) is 5.69 Å². The van der Waals surface area contributed by atoms with Gasteiger partial charge < -0.3 is 10.2 Å². The van der Waals surface area contributed by atoms with E-state index in [2.05, 4.69) is 34.8 Å². The molecular formula is C27H30FN3. The monoisotopic (exact) mass is 415 g/mol. The molecule has 0 bridgehead atoms. The van der Waals surface area contributed by atoms with Crippen molar-refractivity contribution in [1.82, 2.24) is 10.3 Å². The lowest BCUT2D eigenvalue weighted by Crippen LogP contribution is -2.33. The molecule has 0 unspecified atom stereocenters. The normalized spacial score (nSPS) is 14.2. The summed E-state index contributed by atoms with van der Waals surface area (Å²) in [5.41, 5.74) is 6.68. The summed E-state index contributed by atoms with van der Waals surface area (Å²) < 4.78 is 14.9. The van der Waals surface area contributed by atoms with Gasteiger partial charge in [-0.3, -0.25) is 4.98 Å². The first-order chi connectivity index (χ1) is 14.9. The van der Waals surface area contributed by atoms with E-state index in [9.17, 15) is 4.39 Å². The van der Waals surface area contributed by atoms with Crippen LogP contribution in [-0.2, 0) is 6.54 Å². The Morgan fingerprint density at radius 2 is 1.81 bits per heavy atom. The minimum Gasteiger partial charge on any atom is -0.381 e. The number of pyridine rings is 1. The topological polar surface area (TPSA) is 28.2 Å². The van der Waals surface area contributed by atoms with E-state index < -0.39 is 0 Å². The number of anilines is 1. The summed E-state index contributed by atoms with van der Waals surface area (Å²) in [4.78, 5) is 6.44. The van der Waals surface area contributed by atoms with E-state index >= 15 is 0 Å². The first-order valence-corrected chi connectivity index (χ1v) is 10.9. The second kappa shape index (κ2) is 8.54. The molecule has 1 heterocycles. The summed E-state index contributed by atoms with van der Waals surface area (Å²) in [5, 5.41) is 3.35. The number of nitrogens with zero attached hydrogens (tertiary/aromatic N) is 2. The van der Waals surface area contributed by atoms with Crippen LogP contribution in [0.3, 0.4) is 0 Å². The average molecular weight is 416 g/mol. The molecule has 0 atom stereocenters. The van der Waals surface area contributed by atoms with Crippen LogP contribution >= 0.6 is 0 Å². The Labute approximate surface area is 184 Å². The quantitative estimate of drug-likeness (QED) is 0.466. The highest BCUT2D eigenvalue weighted by Gasteiger charge is 2.45. The zero-order chi connectivity index (χ0) is 22.0. The van der Waals surface area contributed by atoms with Crippen LogP contribution in [0.15, 0.2) is 67.4 Å². The summed E-state index contributed by atoms with van der Waals surface area (Å²) in [5.74, 6) is -0.165. The molecule has 3 aromatic rings. The van der Waals surface area contributed by atoms with Crippen LogP contribution in [0.5, 0.6) is 0 Å². The largest absolute Gasteiger partial charge is 0.381 e. The first kappa shape index (κ1) is 21.1. The highest BCUT2D eigenvalue weighted by Crippen LogP contribution is 2.46. The number of hydrogen-bond donors (Lipinski definition) is 1. The van der Waals surface area contributed by atoms with E-state index in [1.807, 2.05) is 62.6 Å². The minimum atomic E-state index is -0.165. The van der Waals surface area contributed by atoms with Gasteiger partial charge in [0.2, 0.25) is 0 Å². The van der Waals surface area contributed by atoms with Crippen molar-refractivity contribution < 1.29 is 4.39 Å². The highest BCUT2D eigenvalue weighted by atomic mass is 19.1. The second-order valence-electron chi connectivity index (χ2n) is 8.52. The van der Waals surface area contributed by atoms with Crippen LogP contribution in [0.4, 0.5) is 10.1 Å². The number of halogens is 1. The van der Waals surface area contributed by atoms with Crippen molar-refractivity contribution in [3.63, 3.8) is 0 Å². The fourth-order valence-electron chi connectivity index (χ4n) is 4.06. The van der Waals surface area contributed by atoms with Crippen LogP contribution in [0.25, 0.3) is 16.8 Å². The van der Waals surface area contributed by atoms with Crippen LogP contribution in [0.1, 0.15) is 43.0 Å². The molecule has 160 valence electrons. The Bertz CT molecular complexity index is 1070. The zero-order valence-corrected chi connectivity index (χ0v) is 18.6. The lowest BCUT2D eigenvalue weighted by atomic mass is 10.0. The molecule has 1 aliphatic carbocycles. The summed E-state index contributed by atoms with van der Waals surface area (Å²) in [6.45, 7) is 8.97. The van der Waals surface area contributed by atoms with Crippen LogP contribution in [-0.4, -0.2) is 17.6 Å². The lowest BCUT2D eigenvalue weighted by Gasteiger charge is -2.29. The van der Waals surface area contributed by atoms with Crippen molar-refractivity contribution in [2.75, 3.05) is 11.9 Å². The smallest absolute Gasteiger partial charge is 0.147 e. The van der Waals surface area contributed by atoms with Gasteiger partial charge in [-0.2, -0.15) is 0 Å². The third kappa shape index (κ3) is 4.48. The number of benzene rings is 2. The maximum atomic E-state index is 14.9. The predicted molar refractivity (Wildman–Crippen MR) is 127 cm³/mol. The van der Waals surface area contributed by atoms with Gasteiger partial charge in [-0.15, -0.1) is 0 Å². The Balaban J connectivity index is 1.43. The lowest BCUT2D eigenvalue weighted by molar-refractivity contribution is 0.572. The van der Waals surface area contributed by atoms with Crippen molar-refractivity contribution >= 4 is 11.4 Å². The van der Waals surface area contributed by atoms with Crippen molar-refractivity contribution in [2.45, 2.75) is 45.2 Å². The molecule has 1 fully saturated rings. The van der Waals surface area contributed by atoms with Gasteiger partial charge in [-0.1, -0.05) is 49.9 Å². The molecule has 3 nitrogen and oxygen atoms in total. The maximum Gasteiger partial charge on any atom is 0.147 e. The maximum absolute atomic E-state index is 14.9. The Kier molecular flexibility index (Phi) is 5.81. The van der Waals surface area contributed by atoms with E-state index in [-0.39, 0.29) is 11.4 Å². The summed E-state index contributed by atoms with van der Waals surface area (Å²) in [6, 6.07) is 17.7. The SMILES string of the molecule is C=C(NCc1ccc(C)nc1)c1ccc(-c2ccc(N(C)C3(CC)CC3)c(F)c2)cc1. The third-order valence-corrected chi connectivity index (χ3v) is 6.55. The molecule has 0 saturated heterocycles. The average Bonchev–Trinajstić information content (AvgIpc) is 3.59. The minimum absolute atomic E-state index is 0.145. The molecule has 31 heavy (non-hydrogen) atoms.